The van der Waals surface area contributed by atoms with E-state index in [9.17, 15) is 4.79 Å². The molecule has 18 heavy (non-hydrogen) atoms. The van der Waals surface area contributed by atoms with E-state index >= 15 is 0 Å². The molecule has 0 bridgehead atoms. The van der Waals surface area contributed by atoms with Gasteiger partial charge in [0.1, 0.15) is 18.0 Å². The predicted octanol–water partition coefficient (Wildman–Crippen LogP) is 1.79. The molecule has 4 heteroatoms. The fraction of sp³-hybridized carbons (Fsp3) is 0.500. The van der Waals surface area contributed by atoms with Crippen LogP contribution in [0, 0.1) is 0 Å². The number of carbonyl (C=O) groups excluding carboxylic acids is 1. The lowest BCUT2D eigenvalue weighted by Gasteiger charge is -2.41. The molecule has 0 spiro atoms. The first-order valence-electron chi connectivity index (χ1n) is 6.14. The van der Waals surface area contributed by atoms with Crippen LogP contribution >= 0.6 is 0 Å². The lowest BCUT2D eigenvalue weighted by Crippen LogP contribution is -2.50. The topological polar surface area (TPSA) is 38.8 Å². The van der Waals surface area contributed by atoms with Gasteiger partial charge in [-0.2, -0.15) is 0 Å². The number of nitrogens with zero attached hydrogens (tertiary/aromatic N) is 1. The zero-order valence-electron chi connectivity index (χ0n) is 11.1. The first-order chi connectivity index (χ1) is 8.61. The van der Waals surface area contributed by atoms with Crippen LogP contribution in [0.3, 0.4) is 0 Å². The third kappa shape index (κ3) is 2.20. The molecule has 0 aliphatic carbocycles. The number of ether oxygens (including phenoxy) is 2. The van der Waals surface area contributed by atoms with Gasteiger partial charge in [0, 0.05) is 7.05 Å². The van der Waals surface area contributed by atoms with Crippen molar-refractivity contribution in [1.82, 2.24) is 4.90 Å². The number of morpholine rings is 1. The van der Waals surface area contributed by atoms with Crippen LogP contribution in [-0.2, 0) is 15.1 Å². The zero-order chi connectivity index (χ0) is 13.2. The second kappa shape index (κ2) is 4.98. The van der Waals surface area contributed by atoms with Gasteiger partial charge in [-0.3, -0.25) is 4.79 Å². The number of likely N-dealkylation sites (N-methyl/N-ethyl adjacent to an activating group) is 1. The van der Waals surface area contributed by atoms with Gasteiger partial charge in [-0.05, 0) is 24.1 Å². The van der Waals surface area contributed by atoms with Crippen molar-refractivity contribution in [2.45, 2.75) is 18.9 Å². The molecule has 1 aliphatic heterocycles. The van der Waals surface area contributed by atoms with E-state index < -0.39 is 5.60 Å². The monoisotopic (exact) mass is 249 g/mol. The van der Waals surface area contributed by atoms with Crippen molar-refractivity contribution >= 4 is 5.91 Å². The highest BCUT2D eigenvalue weighted by atomic mass is 16.5. The maximum Gasteiger partial charge on any atom is 0.248 e. The first kappa shape index (κ1) is 12.9. The molecule has 1 unspecified atom stereocenters. The lowest BCUT2D eigenvalue weighted by atomic mass is 9.89. The molecule has 0 N–H and O–H groups in total. The van der Waals surface area contributed by atoms with Crippen LogP contribution < -0.4 is 4.74 Å². The summed E-state index contributed by atoms with van der Waals surface area (Å²) in [7, 11) is 3.46. The Kier molecular flexibility index (Phi) is 3.57. The van der Waals surface area contributed by atoms with Crippen molar-refractivity contribution < 1.29 is 14.3 Å². The second-order valence-electron chi connectivity index (χ2n) is 4.62. The number of methoxy groups -OCH3 is 1. The van der Waals surface area contributed by atoms with Crippen LogP contribution in [0.15, 0.2) is 24.3 Å². The Morgan fingerprint density at radius 2 is 2.28 bits per heavy atom. The first-order valence-corrected chi connectivity index (χ1v) is 6.14. The highest BCUT2D eigenvalue weighted by Gasteiger charge is 2.38. The van der Waals surface area contributed by atoms with Gasteiger partial charge >= 0.3 is 0 Å². The molecule has 1 aliphatic rings. The summed E-state index contributed by atoms with van der Waals surface area (Å²) in [6.45, 7) is 2.79. The maximum absolute atomic E-state index is 11.5. The highest BCUT2D eigenvalue weighted by Crippen LogP contribution is 2.34. The van der Waals surface area contributed by atoms with Crippen molar-refractivity contribution in [1.29, 1.82) is 0 Å². The molecule has 4 nitrogen and oxygen atoms in total. The molecule has 0 aromatic heterocycles. The maximum atomic E-state index is 11.5. The number of carbonyl (C=O) groups is 1. The molecule has 1 fully saturated rings. The number of amides is 1. The van der Waals surface area contributed by atoms with E-state index in [1.807, 2.05) is 31.3 Å². The van der Waals surface area contributed by atoms with E-state index in [4.69, 9.17) is 9.47 Å². The smallest absolute Gasteiger partial charge is 0.248 e. The SMILES string of the molecule is CCC1(c2cccc(OC)c2)CN(C)C(=O)CO1. The minimum atomic E-state index is -0.419. The van der Waals surface area contributed by atoms with E-state index in [0.29, 0.717) is 6.54 Å². The Labute approximate surface area is 107 Å². The third-order valence-corrected chi connectivity index (χ3v) is 3.56. The molecule has 1 amide bonds. The summed E-state index contributed by atoms with van der Waals surface area (Å²) in [6, 6.07) is 7.86. The molecule has 0 saturated carbocycles. The van der Waals surface area contributed by atoms with Crippen molar-refractivity contribution in [2.24, 2.45) is 0 Å². The van der Waals surface area contributed by atoms with Crippen LogP contribution in [-0.4, -0.2) is 38.1 Å². The summed E-state index contributed by atoms with van der Waals surface area (Å²) in [5, 5.41) is 0. The second-order valence-corrected chi connectivity index (χ2v) is 4.62. The van der Waals surface area contributed by atoms with Gasteiger partial charge in [-0.25, -0.2) is 0 Å². The Hall–Kier alpha value is -1.55. The molecule has 1 saturated heterocycles. The van der Waals surface area contributed by atoms with Crippen molar-refractivity contribution in [3.05, 3.63) is 29.8 Å². The molecule has 98 valence electrons. The van der Waals surface area contributed by atoms with E-state index in [0.717, 1.165) is 17.7 Å². The van der Waals surface area contributed by atoms with Gasteiger partial charge in [0.05, 0.1) is 13.7 Å². The number of hydrogen-bond donors (Lipinski definition) is 0. The largest absolute Gasteiger partial charge is 0.497 e. The van der Waals surface area contributed by atoms with Gasteiger partial charge in [-0.1, -0.05) is 19.1 Å². The van der Waals surface area contributed by atoms with E-state index in [1.165, 1.54) is 0 Å². The van der Waals surface area contributed by atoms with Crippen LogP contribution in [0.25, 0.3) is 0 Å². The van der Waals surface area contributed by atoms with Gasteiger partial charge < -0.3 is 14.4 Å². The van der Waals surface area contributed by atoms with Gasteiger partial charge in [0.2, 0.25) is 5.91 Å². The number of rotatable bonds is 3. The Morgan fingerprint density at radius 1 is 1.50 bits per heavy atom. The fourth-order valence-electron chi connectivity index (χ4n) is 2.33. The summed E-state index contributed by atoms with van der Waals surface area (Å²) in [4.78, 5) is 13.3. The van der Waals surface area contributed by atoms with Crippen molar-refractivity contribution in [2.75, 3.05) is 27.3 Å². The fourth-order valence-corrected chi connectivity index (χ4v) is 2.33. The Morgan fingerprint density at radius 3 is 2.89 bits per heavy atom. The average molecular weight is 249 g/mol. The van der Waals surface area contributed by atoms with E-state index in [-0.39, 0.29) is 12.5 Å². The quantitative estimate of drug-likeness (QED) is 0.819. The van der Waals surface area contributed by atoms with Crippen molar-refractivity contribution in [3.63, 3.8) is 0 Å². The number of benzene rings is 1. The molecule has 1 atom stereocenters. The molecule has 1 aromatic carbocycles. The van der Waals surface area contributed by atoms with Crippen LogP contribution in [0.4, 0.5) is 0 Å². The zero-order valence-corrected chi connectivity index (χ0v) is 11.1. The summed E-state index contributed by atoms with van der Waals surface area (Å²) in [5.74, 6) is 0.838. The molecule has 2 rings (SSSR count). The minimum absolute atomic E-state index is 0.0296. The average Bonchev–Trinajstić information content (AvgIpc) is 2.42. The van der Waals surface area contributed by atoms with Gasteiger partial charge in [-0.15, -0.1) is 0 Å². The molecule has 1 aromatic rings. The summed E-state index contributed by atoms with van der Waals surface area (Å²) >= 11 is 0. The Balaban J connectivity index is 2.34. The Bertz CT molecular complexity index is 446. The molecule has 1 heterocycles. The molecular formula is C14H19NO3. The molecule has 0 radical (unpaired) electrons. The normalized spacial score (nSPS) is 24.2. The lowest BCUT2D eigenvalue weighted by molar-refractivity contribution is -0.163. The van der Waals surface area contributed by atoms with E-state index in [1.54, 1.807) is 12.0 Å². The van der Waals surface area contributed by atoms with Crippen LogP contribution in [0.5, 0.6) is 5.75 Å². The standard InChI is InChI=1S/C14H19NO3/c1-4-14(10-15(2)13(16)9-18-14)11-6-5-7-12(8-11)17-3/h5-8H,4,9-10H2,1-3H3. The van der Waals surface area contributed by atoms with Crippen molar-refractivity contribution in [3.8, 4) is 5.75 Å². The predicted molar refractivity (Wildman–Crippen MR) is 68.6 cm³/mol. The highest BCUT2D eigenvalue weighted by molar-refractivity contribution is 5.78. The van der Waals surface area contributed by atoms with E-state index in [2.05, 4.69) is 6.92 Å². The third-order valence-electron chi connectivity index (χ3n) is 3.56. The van der Waals surface area contributed by atoms with Crippen LogP contribution in [0.2, 0.25) is 0 Å². The minimum Gasteiger partial charge on any atom is -0.497 e. The summed E-state index contributed by atoms with van der Waals surface area (Å²) in [5.41, 5.74) is 0.640. The van der Waals surface area contributed by atoms with Crippen LogP contribution in [0.1, 0.15) is 18.9 Å². The summed E-state index contributed by atoms with van der Waals surface area (Å²) in [6.07, 6.45) is 0.817. The van der Waals surface area contributed by atoms with Gasteiger partial charge in [0.15, 0.2) is 0 Å². The van der Waals surface area contributed by atoms with Gasteiger partial charge in [0.25, 0.3) is 0 Å². The number of hydrogen-bond acceptors (Lipinski definition) is 3. The summed E-state index contributed by atoms with van der Waals surface area (Å²) < 4.78 is 11.1. The molecular weight excluding hydrogens is 230 g/mol.